The van der Waals surface area contributed by atoms with Crippen LogP contribution in [0.5, 0.6) is 0 Å². The van der Waals surface area contributed by atoms with Crippen molar-refractivity contribution in [1.82, 2.24) is 5.32 Å². The Morgan fingerprint density at radius 1 is 1.60 bits per heavy atom. The second-order valence-electron chi connectivity index (χ2n) is 3.47. The molecule has 0 bridgehead atoms. The Balaban J connectivity index is 2.74. The van der Waals surface area contributed by atoms with E-state index in [1.807, 2.05) is 19.9 Å². The topological polar surface area (TPSA) is 29.1 Å². The van der Waals surface area contributed by atoms with Crippen LogP contribution < -0.4 is 5.32 Å². The average Bonchev–Trinajstić information content (AvgIpc) is 2.14. The average molecular weight is 291 g/mol. The Hall–Kier alpha value is -0.540. The molecule has 4 heteroatoms. The molecular weight excluding hydrogens is 277 g/mol. The number of hydrogen-bond acceptors (Lipinski definition) is 1. The standard InChI is InChI=1S/C11H13BrClNO/c1-7-3-4-9(10(13)5-7)11(15)14-6-8(2)12/h3-5,8H,6H2,1-2H3,(H,14,15). The number of benzene rings is 1. The van der Waals surface area contributed by atoms with Crippen molar-refractivity contribution in [3.63, 3.8) is 0 Å². The molecule has 0 aliphatic rings. The molecule has 1 aromatic rings. The predicted octanol–water partition coefficient (Wildman–Crippen LogP) is 3.16. The maximum Gasteiger partial charge on any atom is 0.252 e. The first-order chi connectivity index (χ1) is 7.00. The van der Waals surface area contributed by atoms with Crippen LogP contribution in [0, 0.1) is 6.92 Å². The van der Waals surface area contributed by atoms with E-state index in [4.69, 9.17) is 11.6 Å². The van der Waals surface area contributed by atoms with E-state index in [9.17, 15) is 4.79 Å². The van der Waals surface area contributed by atoms with E-state index in [1.54, 1.807) is 12.1 Å². The smallest absolute Gasteiger partial charge is 0.252 e. The summed E-state index contributed by atoms with van der Waals surface area (Å²) in [5.74, 6) is -0.133. The van der Waals surface area contributed by atoms with Gasteiger partial charge in [0.25, 0.3) is 5.91 Å². The van der Waals surface area contributed by atoms with Gasteiger partial charge >= 0.3 is 0 Å². The van der Waals surface area contributed by atoms with Crippen molar-refractivity contribution in [2.45, 2.75) is 18.7 Å². The Labute approximate surface area is 103 Å². The molecule has 1 unspecified atom stereocenters. The Kier molecular flexibility index (Phi) is 4.61. The molecule has 0 fully saturated rings. The Bertz CT molecular complexity index is 366. The quantitative estimate of drug-likeness (QED) is 0.851. The summed E-state index contributed by atoms with van der Waals surface area (Å²) in [6.45, 7) is 4.49. The maximum absolute atomic E-state index is 11.7. The largest absolute Gasteiger partial charge is 0.351 e. The zero-order valence-electron chi connectivity index (χ0n) is 8.68. The van der Waals surface area contributed by atoms with Crippen LogP contribution in [0.3, 0.4) is 0 Å². The summed E-state index contributed by atoms with van der Waals surface area (Å²) in [7, 11) is 0. The number of nitrogens with one attached hydrogen (secondary N) is 1. The zero-order valence-corrected chi connectivity index (χ0v) is 11.0. The normalized spacial score (nSPS) is 12.3. The van der Waals surface area contributed by atoms with E-state index in [-0.39, 0.29) is 10.7 Å². The van der Waals surface area contributed by atoms with Crippen LogP contribution in [-0.4, -0.2) is 17.3 Å². The second-order valence-corrected chi connectivity index (χ2v) is 5.44. The third-order valence-corrected chi connectivity index (χ3v) is 2.55. The highest BCUT2D eigenvalue weighted by Crippen LogP contribution is 2.17. The molecule has 1 rings (SSSR count). The molecule has 2 nitrogen and oxygen atoms in total. The van der Waals surface area contributed by atoms with Crippen LogP contribution in [-0.2, 0) is 0 Å². The van der Waals surface area contributed by atoms with Gasteiger partial charge in [-0.05, 0) is 24.6 Å². The summed E-state index contributed by atoms with van der Waals surface area (Å²) in [5.41, 5.74) is 1.57. The Morgan fingerprint density at radius 3 is 2.80 bits per heavy atom. The number of amides is 1. The maximum atomic E-state index is 11.7. The number of aryl methyl sites for hydroxylation is 1. The van der Waals surface area contributed by atoms with Gasteiger partial charge in [0.2, 0.25) is 0 Å². The van der Waals surface area contributed by atoms with Crippen molar-refractivity contribution in [3.05, 3.63) is 34.3 Å². The summed E-state index contributed by atoms with van der Waals surface area (Å²) in [6.07, 6.45) is 0. The third-order valence-electron chi connectivity index (χ3n) is 1.91. The van der Waals surface area contributed by atoms with E-state index in [1.165, 1.54) is 0 Å². The summed E-state index contributed by atoms with van der Waals surface area (Å²) >= 11 is 9.32. The number of carbonyl (C=O) groups excluding carboxylic acids is 1. The fourth-order valence-corrected chi connectivity index (χ4v) is 1.62. The highest BCUT2D eigenvalue weighted by molar-refractivity contribution is 9.09. The van der Waals surface area contributed by atoms with Gasteiger partial charge in [-0.1, -0.05) is 40.5 Å². The molecule has 0 aliphatic heterocycles. The van der Waals surface area contributed by atoms with Crippen molar-refractivity contribution in [3.8, 4) is 0 Å². The molecular formula is C11H13BrClNO. The summed E-state index contributed by atoms with van der Waals surface area (Å²) in [4.78, 5) is 11.9. The van der Waals surface area contributed by atoms with Crippen LogP contribution in [0.2, 0.25) is 5.02 Å². The van der Waals surface area contributed by atoms with Crippen molar-refractivity contribution in [2.24, 2.45) is 0 Å². The molecule has 1 amide bonds. The molecule has 82 valence electrons. The van der Waals surface area contributed by atoms with Crippen molar-refractivity contribution < 1.29 is 4.79 Å². The monoisotopic (exact) mass is 289 g/mol. The summed E-state index contributed by atoms with van der Waals surface area (Å²) in [5, 5.41) is 3.28. The minimum atomic E-state index is -0.133. The Morgan fingerprint density at radius 2 is 2.27 bits per heavy atom. The lowest BCUT2D eigenvalue weighted by Gasteiger charge is -2.08. The van der Waals surface area contributed by atoms with E-state index in [0.717, 1.165) is 5.56 Å². The van der Waals surface area contributed by atoms with Gasteiger partial charge < -0.3 is 5.32 Å². The predicted molar refractivity (Wildman–Crippen MR) is 66.9 cm³/mol. The van der Waals surface area contributed by atoms with Gasteiger partial charge in [-0.15, -0.1) is 0 Å². The van der Waals surface area contributed by atoms with Gasteiger partial charge in [-0.25, -0.2) is 0 Å². The number of carbonyl (C=O) groups is 1. The molecule has 0 saturated heterocycles. The minimum Gasteiger partial charge on any atom is -0.351 e. The van der Waals surface area contributed by atoms with E-state index < -0.39 is 0 Å². The minimum absolute atomic E-state index is 0.133. The fourth-order valence-electron chi connectivity index (χ4n) is 1.13. The highest BCUT2D eigenvalue weighted by atomic mass is 79.9. The van der Waals surface area contributed by atoms with Crippen molar-refractivity contribution in [1.29, 1.82) is 0 Å². The number of hydrogen-bond donors (Lipinski definition) is 1. The molecule has 0 radical (unpaired) electrons. The summed E-state index contributed by atoms with van der Waals surface area (Å²) < 4.78 is 0. The first-order valence-corrected chi connectivity index (χ1v) is 5.98. The molecule has 0 spiro atoms. The molecule has 1 aromatic carbocycles. The van der Waals surface area contributed by atoms with Crippen LogP contribution in [0.4, 0.5) is 0 Å². The molecule has 0 heterocycles. The third kappa shape index (κ3) is 3.84. The van der Waals surface area contributed by atoms with Gasteiger partial charge in [-0.2, -0.15) is 0 Å². The van der Waals surface area contributed by atoms with Crippen molar-refractivity contribution in [2.75, 3.05) is 6.54 Å². The summed E-state index contributed by atoms with van der Waals surface area (Å²) in [6, 6.07) is 5.40. The lowest BCUT2D eigenvalue weighted by atomic mass is 10.1. The van der Waals surface area contributed by atoms with E-state index in [0.29, 0.717) is 17.1 Å². The van der Waals surface area contributed by atoms with Gasteiger partial charge in [0.05, 0.1) is 10.6 Å². The van der Waals surface area contributed by atoms with Gasteiger partial charge in [0, 0.05) is 11.4 Å². The first-order valence-electron chi connectivity index (χ1n) is 4.69. The lowest BCUT2D eigenvalue weighted by molar-refractivity contribution is 0.0954. The van der Waals surface area contributed by atoms with Crippen LogP contribution in [0.15, 0.2) is 18.2 Å². The second kappa shape index (κ2) is 5.52. The SMILES string of the molecule is Cc1ccc(C(=O)NCC(C)Br)c(Cl)c1. The molecule has 1 N–H and O–H groups in total. The zero-order chi connectivity index (χ0) is 11.4. The molecule has 15 heavy (non-hydrogen) atoms. The first kappa shape index (κ1) is 12.5. The molecule has 0 aliphatic carbocycles. The van der Waals surface area contributed by atoms with Gasteiger partial charge in [0.1, 0.15) is 0 Å². The molecule has 0 aromatic heterocycles. The number of halogens is 2. The number of rotatable bonds is 3. The molecule has 1 atom stereocenters. The molecule has 0 saturated carbocycles. The van der Waals surface area contributed by atoms with Crippen LogP contribution in [0.1, 0.15) is 22.8 Å². The van der Waals surface area contributed by atoms with Gasteiger partial charge in [0.15, 0.2) is 0 Å². The van der Waals surface area contributed by atoms with Crippen LogP contribution >= 0.6 is 27.5 Å². The van der Waals surface area contributed by atoms with E-state index >= 15 is 0 Å². The van der Waals surface area contributed by atoms with Crippen LogP contribution in [0.25, 0.3) is 0 Å². The lowest BCUT2D eigenvalue weighted by Crippen LogP contribution is -2.28. The number of alkyl halides is 1. The fraction of sp³-hybridized carbons (Fsp3) is 0.364. The van der Waals surface area contributed by atoms with E-state index in [2.05, 4.69) is 21.2 Å². The van der Waals surface area contributed by atoms with Crippen molar-refractivity contribution >= 4 is 33.4 Å². The highest BCUT2D eigenvalue weighted by Gasteiger charge is 2.10. The van der Waals surface area contributed by atoms with Gasteiger partial charge in [-0.3, -0.25) is 4.79 Å².